The smallest absolute Gasteiger partial charge is 0.255 e. The molecule has 1 amide bonds. The molecule has 0 saturated heterocycles. The number of halogens is 1. The molecule has 0 aliphatic heterocycles. The molecule has 0 atom stereocenters. The van der Waals surface area contributed by atoms with Crippen molar-refractivity contribution in [1.29, 1.82) is 0 Å². The summed E-state index contributed by atoms with van der Waals surface area (Å²) in [5, 5.41) is 3.36. The average Bonchev–Trinajstić information content (AvgIpc) is 2.78. The zero-order valence-corrected chi connectivity index (χ0v) is 19.4. The molecule has 0 aromatic heterocycles. The highest BCUT2D eigenvalue weighted by molar-refractivity contribution is 7.92. The maximum atomic E-state index is 12.7. The number of sulfonamides is 1. The Balaban J connectivity index is 1.80. The molecule has 3 aromatic rings. The van der Waals surface area contributed by atoms with Crippen LogP contribution in [0.3, 0.4) is 0 Å². The highest BCUT2D eigenvalue weighted by atomic mass is 35.5. The molecule has 3 rings (SSSR count). The minimum atomic E-state index is -3.55. The van der Waals surface area contributed by atoms with Crippen LogP contribution in [-0.2, 0) is 16.6 Å². The molecule has 7 nitrogen and oxygen atoms in total. The summed E-state index contributed by atoms with van der Waals surface area (Å²) < 4.78 is 36.5. The first-order chi connectivity index (χ1) is 15.2. The van der Waals surface area contributed by atoms with Crippen molar-refractivity contribution in [2.75, 3.05) is 30.1 Å². The summed E-state index contributed by atoms with van der Waals surface area (Å²) in [6.45, 7) is 0.143. The first kappa shape index (κ1) is 23.4. The number of methoxy groups -OCH3 is 2. The number of nitrogens with one attached hydrogen (secondary N) is 1. The van der Waals surface area contributed by atoms with Gasteiger partial charge in [-0.1, -0.05) is 23.7 Å². The first-order valence-corrected chi connectivity index (χ1v) is 11.8. The summed E-state index contributed by atoms with van der Waals surface area (Å²) in [5.74, 6) is 0.704. The van der Waals surface area contributed by atoms with Gasteiger partial charge in [0, 0.05) is 16.7 Å². The first-order valence-electron chi connectivity index (χ1n) is 9.57. The van der Waals surface area contributed by atoms with E-state index in [1.165, 1.54) is 11.4 Å². The van der Waals surface area contributed by atoms with Gasteiger partial charge in [0.15, 0.2) is 0 Å². The monoisotopic (exact) mass is 474 g/mol. The van der Waals surface area contributed by atoms with Crippen LogP contribution in [0, 0.1) is 0 Å². The van der Waals surface area contributed by atoms with E-state index in [0.29, 0.717) is 33.5 Å². The number of nitrogens with zero attached hydrogens (tertiary/aromatic N) is 1. The van der Waals surface area contributed by atoms with Crippen LogP contribution in [0.15, 0.2) is 66.7 Å². The third-order valence-corrected chi connectivity index (χ3v) is 6.11. The lowest BCUT2D eigenvalue weighted by atomic mass is 10.1. The molecule has 9 heteroatoms. The molecule has 0 bridgehead atoms. The van der Waals surface area contributed by atoms with Gasteiger partial charge in [0.25, 0.3) is 5.91 Å². The number of hydrogen-bond acceptors (Lipinski definition) is 5. The molecule has 168 valence electrons. The van der Waals surface area contributed by atoms with Crippen molar-refractivity contribution in [3.05, 3.63) is 82.9 Å². The lowest BCUT2D eigenvalue weighted by Crippen LogP contribution is -2.29. The molecule has 0 heterocycles. The number of carbonyl (C=O) groups excluding carboxylic acids is 1. The predicted molar refractivity (Wildman–Crippen MR) is 126 cm³/mol. The van der Waals surface area contributed by atoms with Crippen molar-refractivity contribution in [1.82, 2.24) is 0 Å². The number of benzene rings is 3. The van der Waals surface area contributed by atoms with Crippen LogP contribution in [0.1, 0.15) is 15.9 Å². The Morgan fingerprint density at radius 2 is 1.62 bits per heavy atom. The standard InChI is InChI=1S/C23H23ClN2O5S/c1-30-20-12-13-21(22(14-20)31-2)25-23(27)17-6-10-19(11-7-17)26(32(3,28)29)15-16-4-8-18(24)9-5-16/h4-14H,15H2,1-3H3,(H,25,27). The van der Waals surface area contributed by atoms with E-state index in [0.717, 1.165) is 11.8 Å². The predicted octanol–water partition coefficient (Wildman–Crippen LogP) is 4.58. The Morgan fingerprint density at radius 1 is 0.969 bits per heavy atom. The zero-order chi connectivity index (χ0) is 23.3. The van der Waals surface area contributed by atoms with Crippen molar-refractivity contribution in [3.8, 4) is 11.5 Å². The van der Waals surface area contributed by atoms with E-state index >= 15 is 0 Å². The minimum Gasteiger partial charge on any atom is -0.497 e. The molecule has 0 unspecified atom stereocenters. The average molecular weight is 475 g/mol. The lowest BCUT2D eigenvalue weighted by molar-refractivity contribution is 0.102. The summed E-state index contributed by atoms with van der Waals surface area (Å²) in [6.07, 6.45) is 1.14. The maximum absolute atomic E-state index is 12.7. The maximum Gasteiger partial charge on any atom is 0.255 e. The van der Waals surface area contributed by atoms with E-state index in [4.69, 9.17) is 21.1 Å². The van der Waals surface area contributed by atoms with Crippen LogP contribution in [0.4, 0.5) is 11.4 Å². The van der Waals surface area contributed by atoms with Gasteiger partial charge >= 0.3 is 0 Å². The molecule has 0 aliphatic carbocycles. The second kappa shape index (κ2) is 9.93. The second-order valence-corrected chi connectivity index (χ2v) is 9.31. The summed E-state index contributed by atoms with van der Waals surface area (Å²) in [7, 11) is -0.510. The van der Waals surface area contributed by atoms with Gasteiger partial charge in [0.05, 0.1) is 38.4 Å². The molecule has 1 N–H and O–H groups in total. The van der Waals surface area contributed by atoms with Crippen LogP contribution >= 0.6 is 11.6 Å². The normalized spacial score (nSPS) is 11.0. The zero-order valence-electron chi connectivity index (χ0n) is 17.8. The Kier molecular flexibility index (Phi) is 7.27. The largest absolute Gasteiger partial charge is 0.497 e. The highest BCUT2D eigenvalue weighted by Gasteiger charge is 2.19. The van der Waals surface area contributed by atoms with Gasteiger partial charge in [-0.25, -0.2) is 8.42 Å². The van der Waals surface area contributed by atoms with Crippen molar-refractivity contribution < 1.29 is 22.7 Å². The van der Waals surface area contributed by atoms with Crippen molar-refractivity contribution >= 4 is 38.9 Å². The Bertz CT molecular complexity index is 1200. The number of anilines is 2. The van der Waals surface area contributed by atoms with Gasteiger partial charge in [-0.05, 0) is 54.1 Å². The lowest BCUT2D eigenvalue weighted by Gasteiger charge is -2.23. The third-order valence-electron chi connectivity index (χ3n) is 4.71. The van der Waals surface area contributed by atoms with Crippen LogP contribution in [-0.4, -0.2) is 34.8 Å². The molecule has 0 fully saturated rings. The Labute approximate surface area is 192 Å². The van der Waals surface area contributed by atoms with E-state index in [2.05, 4.69) is 5.32 Å². The van der Waals surface area contributed by atoms with E-state index in [9.17, 15) is 13.2 Å². The molecule has 3 aromatic carbocycles. The highest BCUT2D eigenvalue weighted by Crippen LogP contribution is 2.29. The molecular formula is C23H23ClN2O5S. The molecule has 0 radical (unpaired) electrons. The van der Waals surface area contributed by atoms with Crippen molar-refractivity contribution in [2.45, 2.75) is 6.54 Å². The van der Waals surface area contributed by atoms with Gasteiger partial charge in [0.2, 0.25) is 10.0 Å². The quantitative estimate of drug-likeness (QED) is 0.516. The number of amides is 1. The summed E-state index contributed by atoms with van der Waals surface area (Å²) in [4.78, 5) is 12.7. The van der Waals surface area contributed by atoms with Crippen LogP contribution in [0.2, 0.25) is 5.02 Å². The SMILES string of the molecule is COc1ccc(NC(=O)c2ccc(N(Cc3ccc(Cl)cc3)S(C)(=O)=O)cc2)c(OC)c1. The third kappa shape index (κ3) is 5.72. The van der Waals surface area contributed by atoms with Gasteiger partial charge in [-0.3, -0.25) is 9.10 Å². The minimum absolute atomic E-state index is 0.143. The molecule has 0 saturated carbocycles. The molecule has 32 heavy (non-hydrogen) atoms. The van der Waals surface area contributed by atoms with Crippen LogP contribution < -0.4 is 19.1 Å². The van der Waals surface area contributed by atoms with E-state index in [1.807, 2.05) is 0 Å². The fourth-order valence-electron chi connectivity index (χ4n) is 3.03. The number of hydrogen-bond donors (Lipinski definition) is 1. The number of rotatable bonds is 8. The summed E-state index contributed by atoms with van der Waals surface area (Å²) in [6, 6.07) is 18.3. The van der Waals surface area contributed by atoms with Gasteiger partial charge in [-0.15, -0.1) is 0 Å². The molecule has 0 aliphatic rings. The van der Waals surface area contributed by atoms with Crippen molar-refractivity contribution in [3.63, 3.8) is 0 Å². The number of ether oxygens (including phenoxy) is 2. The topological polar surface area (TPSA) is 84.9 Å². The molecule has 0 spiro atoms. The van der Waals surface area contributed by atoms with E-state index in [1.54, 1.807) is 73.8 Å². The summed E-state index contributed by atoms with van der Waals surface area (Å²) in [5.41, 5.74) is 2.09. The van der Waals surface area contributed by atoms with E-state index in [-0.39, 0.29) is 12.5 Å². The van der Waals surface area contributed by atoms with Crippen LogP contribution in [0.5, 0.6) is 11.5 Å². The van der Waals surface area contributed by atoms with Gasteiger partial charge in [0.1, 0.15) is 11.5 Å². The van der Waals surface area contributed by atoms with Gasteiger partial charge < -0.3 is 14.8 Å². The number of carbonyl (C=O) groups is 1. The van der Waals surface area contributed by atoms with Crippen molar-refractivity contribution in [2.24, 2.45) is 0 Å². The fourth-order valence-corrected chi connectivity index (χ4v) is 4.05. The Hall–Kier alpha value is -3.23. The van der Waals surface area contributed by atoms with E-state index < -0.39 is 10.0 Å². The van der Waals surface area contributed by atoms with Gasteiger partial charge in [-0.2, -0.15) is 0 Å². The fraction of sp³-hybridized carbons (Fsp3) is 0.174. The second-order valence-electron chi connectivity index (χ2n) is 6.96. The summed E-state index contributed by atoms with van der Waals surface area (Å²) >= 11 is 5.91. The Morgan fingerprint density at radius 3 is 2.19 bits per heavy atom. The van der Waals surface area contributed by atoms with Crippen LogP contribution in [0.25, 0.3) is 0 Å². The molecular weight excluding hydrogens is 452 g/mol.